The molecule has 0 amide bonds. The molecule has 0 aliphatic heterocycles. The summed E-state index contributed by atoms with van der Waals surface area (Å²) < 4.78 is 27.8. The van der Waals surface area contributed by atoms with Gasteiger partial charge in [0.05, 0.1) is 17.6 Å². The van der Waals surface area contributed by atoms with E-state index in [1.54, 1.807) is 36.7 Å². The Bertz CT molecular complexity index is 1290. The lowest BCUT2D eigenvalue weighted by atomic mass is 10.1. The van der Waals surface area contributed by atoms with Crippen molar-refractivity contribution in [2.45, 2.75) is 26.2 Å². The fourth-order valence-corrected chi connectivity index (χ4v) is 3.46. The molecule has 0 aliphatic carbocycles. The largest absolute Gasteiger partial charge is 0.756 e. The summed E-state index contributed by atoms with van der Waals surface area (Å²) in [5.41, 5.74) is 8.96. The topological polar surface area (TPSA) is 161 Å². The summed E-state index contributed by atoms with van der Waals surface area (Å²) in [5.74, 6) is 1.06. The van der Waals surface area contributed by atoms with E-state index in [-0.39, 0.29) is 11.9 Å². The molecule has 176 valence electrons. The van der Waals surface area contributed by atoms with Crippen LogP contribution in [-0.2, 0) is 22.2 Å². The number of phosphoric ester groups is 1. The lowest BCUT2D eigenvalue weighted by Crippen LogP contribution is -2.38. The minimum absolute atomic E-state index is 0.184. The van der Waals surface area contributed by atoms with E-state index in [1.807, 2.05) is 31.2 Å². The van der Waals surface area contributed by atoms with Crippen molar-refractivity contribution in [1.82, 2.24) is 15.1 Å². The zero-order chi connectivity index (χ0) is 24.1. The SMILES string of the molecule is CC(Oc1ccc(Cc2cc(-c3ccc[n+](COP(=O)([O-])O)c3N)on2)cn1)c1ccccn1. The zero-order valence-corrected chi connectivity index (χ0v) is 19.0. The van der Waals surface area contributed by atoms with E-state index >= 15 is 0 Å². The van der Waals surface area contributed by atoms with Crippen LogP contribution < -0.4 is 19.9 Å². The molecule has 0 fully saturated rings. The normalized spacial score (nSPS) is 13.9. The van der Waals surface area contributed by atoms with Gasteiger partial charge in [0.2, 0.25) is 5.88 Å². The summed E-state index contributed by atoms with van der Waals surface area (Å²) in [7, 11) is -4.88. The predicted molar refractivity (Wildman–Crippen MR) is 118 cm³/mol. The molecule has 4 aromatic rings. The van der Waals surface area contributed by atoms with Crippen molar-refractivity contribution in [3.05, 3.63) is 84.1 Å². The summed E-state index contributed by atoms with van der Waals surface area (Å²) in [6.07, 6.45) is 5.16. The number of hydrogen-bond donors (Lipinski definition) is 2. The number of hydrogen-bond acceptors (Lipinski definition) is 9. The molecule has 0 saturated carbocycles. The van der Waals surface area contributed by atoms with Crippen LogP contribution in [0.4, 0.5) is 5.82 Å². The fraction of sp³-hybridized carbons (Fsp3) is 0.182. The van der Waals surface area contributed by atoms with Crippen LogP contribution >= 0.6 is 7.82 Å². The molecule has 0 bridgehead atoms. The van der Waals surface area contributed by atoms with Crippen LogP contribution in [0.1, 0.15) is 30.0 Å². The maximum absolute atomic E-state index is 10.8. The van der Waals surface area contributed by atoms with E-state index in [4.69, 9.17) is 19.9 Å². The summed E-state index contributed by atoms with van der Waals surface area (Å²) in [5, 5.41) is 4.08. The highest BCUT2D eigenvalue weighted by Crippen LogP contribution is 2.30. The molecule has 34 heavy (non-hydrogen) atoms. The third-order valence-corrected chi connectivity index (χ3v) is 5.33. The summed E-state index contributed by atoms with van der Waals surface area (Å²) in [4.78, 5) is 28.3. The number of pyridine rings is 3. The second-order valence-electron chi connectivity index (χ2n) is 7.38. The first kappa shape index (κ1) is 23.5. The van der Waals surface area contributed by atoms with Crippen LogP contribution in [0, 0.1) is 0 Å². The Labute approximate surface area is 195 Å². The minimum atomic E-state index is -4.88. The predicted octanol–water partition coefficient (Wildman–Crippen LogP) is 2.17. The van der Waals surface area contributed by atoms with Gasteiger partial charge >= 0.3 is 0 Å². The van der Waals surface area contributed by atoms with Crippen LogP contribution in [0.5, 0.6) is 5.88 Å². The maximum Gasteiger partial charge on any atom is 0.285 e. The molecular formula is C22H22N5O6P. The van der Waals surface area contributed by atoms with Gasteiger partial charge in [-0.25, -0.2) is 9.55 Å². The van der Waals surface area contributed by atoms with Gasteiger partial charge < -0.3 is 19.0 Å². The molecule has 4 heterocycles. The lowest BCUT2D eigenvalue weighted by Gasteiger charge is -2.14. The van der Waals surface area contributed by atoms with Crippen molar-refractivity contribution in [2.75, 3.05) is 5.73 Å². The third-order valence-electron chi connectivity index (χ3n) is 4.88. The van der Waals surface area contributed by atoms with Gasteiger partial charge in [0.1, 0.15) is 11.7 Å². The molecule has 12 heteroatoms. The van der Waals surface area contributed by atoms with E-state index in [9.17, 15) is 9.46 Å². The van der Waals surface area contributed by atoms with Gasteiger partial charge in [-0.2, -0.15) is 0 Å². The minimum Gasteiger partial charge on any atom is -0.756 e. The molecule has 2 atom stereocenters. The number of nitrogen functional groups attached to an aromatic ring is 1. The number of aromatic nitrogens is 4. The Morgan fingerprint density at radius 1 is 1.24 bits per heavy atom. The number of rotatable bonds is 9. The molecular weight excluding hydrogens is 461 g/mol. The highest BCUT2D eigenvalue weighted by Gasteiger charge is 2.18. The highest BCUT2D eigenvalue weighted by atomic mass is 31.2. The first-order valence-electron chi connectivity index (χ1n) is 10.2. The molecule has 2 unspecified atom stereocenters. The summed E-state index contributed by atoms with van der Waals surface area (Å²) in [6.45, 7) is 1.43. The van der Waals surface area contributed by atoms with E-state index in [1.165, 1.54) is 10.8 Å². The van der Waals surface area contributed by atoms with E-state index in [0.29, 0.717) is 29.3 Å². The zero-order valence-electron chi connectivity index (χ0n) is 18.1. The number of ether oxygens (including phenoxy) is 1. The first-order valence-corrected chi connectivity index (χ1v) is 11.7. The van der Waals surface area contributed by atoms with Crippen molar-refractivity contribution in [1.29, 1.82) is 0 Å². The maximum atomic E-state index is 10.8. The molecule has 0 radical (unpaired) electrons. The quantitative estimate of drug-likeness (QED) is 0.267. The number of anilines is 1. The van der Waals surface area contributed by atoms with Crippen LogP contribution in [0.15, 0.2) is 71.6 Å². The second-order valence-corrected chi connectivity index (χ2v) is 8.58. The van der Waals surface area contributed by atoms with Crippen molar-refractivity contribution >= 4 is 13.6 Å². The highest BCUT2D eigenvalue weighted by molar-refractivity contribution is 7.44. The molecule has 0 saturated heterocycles. The van der Waals surface area contributed by atoms with Crippen LogP contribution in [0.25, 0.3) is 11.3 Å². The average Bonchev–Trinajstić information content (AvgIpc) is 3.28. The molecule has 0 aliphatic rings. The van der Waals surface area contributed by atoms with E-state index in [2.05, 4.69) is 19.6 Å². The first-order chi connectivity index (χ1) is 16.3. The Morgan fingerprint density at radius 3 is 2.79 bits per heavy atom. The number of nitrogens with zero attached hydrogens (tertiary/aromatic N) is 4. The summed E-state index contributed by atoms with van der Waals surface area (Å²) >= 11 is 0. The number of phosphoric acid groups is 1. The van der Waals surface area contributed by atoms with Gasteiger partial charge in [-0.1, -0.05) is 17.3 Å². The van der Waals surface area contributed by atoms with Gasteiger partial charge in [0.15, 0.2) is 12.5 Å². The van der Waals surface area contributed by atoms with E-state index in [0.717, 1.165) is 11.3 Å². The molecule has 4 rings (SSSR count). The van der Waals surface area contributed by atoms with Crippen molar-refractivity contribution in [2.24, 2.45) is 0 Å². The molecule has 0 spiro atoms. The Hall–Kier alpha value is -3.63. The second kappa shape index (κ2) is 10.1. The Morgan fingerprint density at radius 2 is 2.09 bits per heavy atom. The lowest BCUT2D eigenvalue weighted by molar-refractivity contribution is -0.712. The fourth-order valence-electron chi connectivity index (χ4n) is 3.19. The van der Waals surface area contributed by atoms with Crippen LogP contribution in [-0.4, -0.2) is 20.0 Å². The molecule has 11 nitrogen and oxygen atoms in total. The monoisotopic (exact) mass is 483 g/mol. The smallest absolute Gasteiger partial charge is 0.285 e. The average molecular weight is 483 g/mol. The van der Waals surface area contributed by atoms with Gasteiger partial charge in [0.25, 0.3) is 13.6 Å². The third kappa shape index (κ3) is 6.03. The molecule has 3 N–H and O–H groups in total. The van der Waals surface area contributed by atoms with Crippen molar-refractivity contribution in [3.63, 3.8) is 0 Å². The number of nitrogens with two attached hydrogens (primary N) is 1. The Balaban J connectivity index is 1.42. The van der Waals surface area contributed by atoms with E-state index < -0.39 is 14.6 Å². The van der Waals surface area contributed by atoms with Crippen LogP contribution in [0.3, 0.4) is 0 Å². The van der Waals surface area contributed by atoms with Crippen LogP contribution in [0.2, 0.25) is 0 Å². The van der Waals surface area contributed by atoms with Crippen molar-refractivity contribution in [3.8, 4) is 17.2 Å². The Kier molecular flexibility index (Phi) is 6.99. The van der Waals surface area contributed by atoms with Gasteiger partial charge in [-0.15, -0.1) is 0 Å². The standard InChI is InChI=1S/C22H22N5O6P/c1-15(19-6-2-3-9-24-19)32-21-8-7-16(13-25-21)11-17-12-20(33-26-17)18-5-4-10-27(22(18)23)14-31-34(28,29)30/h2-10,12-13,15,23H,11,14H2,1H3,(H2,28,29,30). The van der Waals surface area contributed by atoms with Crippen molar-refractivity contribution < 1.29 is 32.7 Å². The van der Waals surface area contributed by atoms with Gasteiger partial charge in [0, 0.05) is 30.9 Å². The van der Waals surface area contributed by atoms with Gasteiger partial charge in [-0.3, -0.25) is 19.8 Å². The molecule has 4 aromatic heterocycles. The molecule has 0 aromatic carbocycles. The van der Waals surface area contributed by atoms with Gasteiger partial charge in [-0.05, 0) is 36.8 Å². The summed E-state index contributed by atoms with van der Waals surface area (Å²) in [6, 6.07) is 14.4.